The highest BCUT2D eigenvalue weighted by Crippen LogP contribution is 2.17. The zero-order valence-corrected chi connectivity index (χ0v) is 13.1. The molecule has 0 spiro atoms. The summed E-state index contributed by atoms with van der Waals surface area (Å²) in [6.07, 6.45) is 0. The number of nitrogens with one attached hydrogen (secondary N) is 1. The Morgan fingerprint density at radius 2 is 2.00 bits per heavy atom. The van der Waals surface area contributed by atoms with E-state index in [9.17, 15) is 9.59 Å². The standard InChI is InChI=1S/C13H16N6O2S/c1-18(2)12(21)8-14-11(20)9-22-13-15-16-17-19(13)10-6-4-3-5-7-10/h3-7H,8-9H2,1-2H3,(H,14,20). The molecule has 9 heteroatoms. The predicted molar refractivity (Wildman–Crippen MR) is 81.6 cm³/mol. The summed E-state index contributed by atoms with van der Waals surface area (Å²) in [6, 6.07) is 9.40. The molecule has 0 bridgehead atoms. The van der Waals surface area contributed by atoms with Crippen molar-refractivity contribution in [2.24, 2.45) is 0 Å². The van der Waals surface area contributed by atoms with Gasteiger partial charge < -0.3 is 10.2 Å². The molecule has 2 rings (SSSR count). The summed E-state index contributed by atoms with van der Waals surface area (Å²) in [7, 11) is 3.27. The van der Waals surface area contributed by atoms with E-state index < -0.39 is 0 Å². The van der Waals surface area contributed by atoms with E-state index >= 15 is 0 Å². The fraction of sp³-hybridized carbons (Fsp3) is 0.308. The normalized spacial score (nSPS) is 10.3. The molecular formula is C13H16N6O2S. The molecular weight excluding hydrogens is 304 g/mol. The number of carbonyl (C=O) groups is 2. The van der Waals surface area contributed by atoms with Crippen molar-refractivity contribution in [3.05, 3.63) is 30.3 Å². The summed E-state index contributed by atoms with van der Waals surface area (Å²) < 4.78 is 1.56. The first-order valence-electron chi connectivity index (χ1n) is 6.51. The number of aromatic nitrogens is 4. The quantitative estimate of drug-likeness (QED) is 0.751. The van der Waals surface area contributed by atoms with Crippen LogP contribution in [0.25, 0.3) is 5.69 Å². The van der Waals surface area contributed by atoms with Crippen molar-refractivity contribution in [3.8, 4) is 5.69 Å². The summed E-state index contributed by atoms with van der Waals surface area (Å²) in [5, 5.41) is 14.5. The van der Waals surface area contributed by atoms with Gasteiger partial charge >= 0.3 is 0 Å². The van der Waals surface area contributed by atoms with E-state index in [-0.39, 0.29) is 24.1 Å². The fourth-order valence-electron chi connectivity index (χ4n) is 1.51. The van der Waals surface area contributed by atoms with E-state index in [0.717, 1.165) is 5.69 Å². The van der Waals surface area contributed by atoms with E-state index in [1.54, 1.807) is 18.8 Å². The molecule has 2 amide bonds. The molecule has 0 fully saturated rings. The van der Waals surface area contributed by atoms with E-state index in [2.05, 4.69) is 20.8 Å². The lowest BCUT2D eigenvalue weighted by Gasteiger charge is -2.10. The van der Waals surface area contributed by atoms with Crippen LogP contribution in [0.4, 0.5) is 0 Å². The lowest BCUT2D eigenvalue weighted by Crippen LogP contribution is -2.37. The first kappa shape index (κ1) is 16.0. The molecule has 116 valence electrons. The molecule has 0 saturated heterocycles. The third-order valence-electron chi connectivity index (χ3n) is 2.71. The van der Waals surface area contributed by atoms with Gasteiger partial charge in [-0.15, -0.1) is 5.10 Å². The van der Waals surface area contributed by atoms with Gasteiger partial charge in [-0.25, -0.2) is 0 Å². The van der Waals surface area contributed by atoms with Crippen LogP contribution in [0.2, 0.25) is 0 Å². The van der Waals surface area contributed by atoms with Crippen molar-refractivity contribution in [3.63, 3.8) is 0 Å². The Balaban J connectivity index is 1.89. The minimum atomic E-state index is -0.247. The Hall–Kier alpha value is -2.42. The van der Waals surface area contributed by atoms with Crippen molar-refractivity contribution in [1.82, 2.24) is 30.4 Å². The monoisotopic (exact) mass is 320 g/mol. The highest BCUT2D eigenvalue weighted by Gasteiger charge is 2.12. The number of benzene rings is 1. The van der Waals surface area contributed by atoms with Gasteiger partial charge in [-0.2, -0.15) is 4.68 Å². The topological polar surface area (TPSA) is 93.0 Å². The molecule has 2 aromatic rings. The SMILES string of the molecule is CN(C)C(=O)CNC(=O)CSc1nnnn1-c1ccccc1. The molecule has 0 unspecified atom stereocenters. The van der Waals surface area contributed by atoms with Gasteiger partial charge in [0.25, 0.3) is 0 Å². The maximum atomic E-state index is 11.7. The molecule has 1 N–H and O–H groups in total. The van der Waals surface area contributed by atoms with Gasteiger partial charge in [0, 0.05) is 14.1 Å². The summed E-state index contributed by atoms with van der Waals surface area (Å²) in [6.45, 7) is -0.0178. The van der Waals surface area contributed by atoms with Gasteiger partial charge in [-0.05, 0) is 22.6 Å². The van der Waals surface area contributed by atoms with Crippen LogP contribution in [0.5, 0.6) is 0 Å². The van der Waals surface area contributed by atoms with Gasteiger partial charge in [0.1, 0.15) is 0 Å². The molecule has 0 aliphatic carbocycles. The largest absolute Gasteiger partial charge is 0.347 e. The van der Waals surface area contributed by atoms with Gasteiger partial charge in [0.2, 0.25) is 17.0 Å². The van der Waals surface area contributed by atoms with E-state index in [1.165, 1.54) is 16.7 Å². The average Bonchev–Trinajstić information content (AvgIpc) is 2.99. The number of para-hydroxylation sites is 1. The first-order valence-corrected chi connectivity index (χ1v) is 7.50. The van der Waals surface area contributed by atoms with Crippen molar-refractivity contribution in [2.75, 3.05) is 26.4 Å². The number of nitrogens with zero attached hydrogens (tertiary/aromatic N) is 5. The van der Waals surface area contributed by atoms with Crippen LogP contribution in [0.15, 0.2) is 35.5 Å². The Bertz CT molecular complexity index is 643. The maximum Gasteiger partial charge on any atom is 0.241 e. The summed E-state index contributed by atoms with van der Waals surface area (Å²) in [4.78, 5) is 24.5. The van der Waals surface area contributed by atoms with Crippen molar-refractivity contribution >= 4 is 23.6 Å². The van der Waals surface area contributed by atoms with Crippen LogP contribution in [0.1, 0.15) is 0 Å². The summed E-state index contributed by atoms with van der Waals surface area (Å²) >= 11 is 1.21. The van der Waals surface area contributed by atoms with Gasteiger partial charge in [0.05, 0.1) is 18.0 Å². The smallest absolute Gasteiger partial charge is 0.241 e. The first-order chi connectivity index (χ1) is 10.6. The molecule has 0 atom stereocenters. The Morgan fingerprint density at radius 3 is 2.68 bits per heavy atom. The van der Waals surface area contributed by atoms with Crippen molar-refractivity contribution < 1.29 is 9.59 Å². The molecule has 0 radical (unpaired) electrons. The third-order valence-corrected chi connectivity index (χ3v) is 3.63. The summed E-state index contributed by atoms with van der Waals surface area (Å²) in [5.74, 6) is -0.274. The molecule has 1 aromatic carbocycles. The molecule has 1 heterocycles. The zero-order chi connectivity index (χ0) is 15.9. The predicted octanol–water partition coefficient (Wildman–Crippen LogP) is -0.0412. The Morgan fingerprint density at radius 1 is 1.27 bits per heavy atom. The number of likely N-dealkylation sites (N-methyl/N-ethyl adjacent to an activating group) is 1. The Labute approximate surface area is 131 Å². The third kappa shape index (κ3) is 4.29. The molecule has 8 nitrogen and oxygen atoms in total. The molecule has 0 aliphatic rings. The highest BCUT2D eigenvalue weighted by atomic mass is 32.2. The fourth-order valence-corrected chi connectivity index (χ4v) is 2.23. The number of thioether (sulfide) groups is 1. The molecule has 1 aromatic heterocycles. The number of amides is 2. The van der Waals surface area contributed by atoms with Crippen LogP contribution in [0.3, 0.4) is 0 Å². The molecule has 0 aliphatic heterocycles. The lowest BCUT2D eigenvalue weighted by molar-refractivity contribution is -0.130. The molecule has 0 saturated carbocycles. The minimum Gasteiger partial charge on any atom is -0.347 e. The zero-order valence-electron chi connectivity index (χ0n) is 12.3. The van der Waals surface area contributed by atoms with Crippen LogP contribution in [0, 0.1) is 0 Å². The highest BCUT2D eigenvalue weighted by molar-refractivity contribution is 7.99. The second-order valence-corrected chi connectivity index (χ2v) is 5.50. The second-order valence-electron chi connectivity index (χ2n) is 4.56. The number of tetrazole rings is 1. The maximum absolute atomic E-state index is 11.7. The second kappa shape index (κ2) is 7.55. The van der Waals surface area contributed by atoms with Crippen LogP contribution < -0.4 is 5.32 Å². The number of rotatable bonds is 6. The van der Waals surface area contributed by atoms with Gasteiger partial charge in [-0.1, -0.05) is 30.0 Å². The average molecular weight is 320 g/mol. The van der Waals surface area contributed by atoms with Crippen molar-refractivity contribution in [1.29, 1.82) is 0 Å². The number of hydrogen-bond acceptors (Lipinski definition) is 6. The van der Waals surface area contributed by atoms with E-state index in [1.807, 2.05) is 30.3 Å². The van der Waals surface area contributed by atoms with Crippen molar-refractivity contribution in [2.45, 2.75) is 5.16 Å². The lowest BCUT2D eigenvalue weighted by atomic mass is 10.3. The van der Waals surface area contributed by atoms with Gasteiger partial charge in [-0.3, -0.25) is 9.59 Å². The van der Waals surface area contributed by atoms with Crippen LogP contribution in [-0.2, 0) is 9.59 Å². The van der Waals surface area contributed by atoms with Crippen LogP contribution in [-0.4, -0.2) is 63.3 Å². The number of hydrogen-bond donors (Lipinski definition) is 1. The summed E-state index contributed by atoms with van der Waals surface area (Å²) in [5.41, 5.74) is 0.818. The van der Waals surface area contributed by atoms with E-state index in [0.29, 0.717) is 5.16 Å². The number of carbonyl (C=O) groups excluding carboxylic acids is 2. The Kier molecular flexibility index (Phi) is 5.48. The van der Waals surface area contributed by atoms with E-state index in [4.69, 9.17) is 0 Å². The van der Waals surface area contributed by atoms with Crippen LogP contribution >= 0.6 is 11.8 Å². The minimum absolute atomic E-state index is 0.0178. The molecule has 22 heavy (non-hydrogen) atoms. The van der Waals surface area contributed by atoms with Gasteiger partial charge in [0.15, 0.2) is 0 Å².